The quantitative estimate of drug-likeness (QED) is 0.506. The van der Waals surface area contributed by atoms with Gasteiger partial charge in [0.05, 0.1) is 5.52 Å². The standard InChI is InChI=1S/C21H24BrN5O/c1-21(2,3)27-20(28)24-12-11-23-19-16-9-4-5-10-17(16)25-18(26-19)14-7-6-8-15(22)13-14/h4-10,13H,11-12H2,1-3H3,(H,23,25,26)(H2,24,27,28). The van der Waals surface area contributed by atoms with Crippen molar-refractivity contribution in [3.8, 4) is 11.4 Å². The highest BCUT2D eigenvalue weighted by Crippen LogP contribution is 2.26. The molecule has 2 aromatic carbocycles. The van der Waals surface area contributed by atoms with Gasteiger partial charge in [-0.1, -0.05) is 40.2 Å². The van der Waals surface area contributed by atoms with Gasteiger partial charge in [-0.3, -0.25) is 0 Å². The topological polar surface area (TPSA) is 78.9 Å². The van der Waals surface area contributed by atoms with Crippen LogP contribution in [0, 0.1) is 0 Å². The van der Waals surface area contributed by atoms with Crippen molar-refractivity contribution in [3.05, 3.63) is 53.0 Å². The monoisotopic (exact) mass is 441 g/mol. The second kappa shape index (κ2) is 8.56. The number of aromatic nitrogens is 2. The molecule has 7 heteroatoms. The number of amides is 2. The van der Waals surface area contributed by atoms with E-state index in [1.54, 1.807) is 0 Å². The number of carbonyl (C=O) groups excluding carboxylic acids is 1. The lowest BCUT2D eigenvalue weighted by Crippen LogP contribution is -2.47. The van der Waals surface area contributed by atoms with Crippen molar-refractivity contribution in [1.29, 1.82) is 0 Å². The minimum absolute atomic E-state index is 0.184. The van der Waals surface area contributed by atoms with Gasteiger partial charge in [-0.25, -0.2) is 14.8 Å². The van der Waals surface area contributed by atoms with Gasteiger partial charge in [0.15, 0.2) is 5.82 Å². The Hall–Kier alpha value is -2.67. The number of nitrogens with one attached hydrogen (secondary N) is 3. The molecule has 146 valence electrons. The molecule has 6 nitrogen and oxygen atoms in total. The molecule has 0 aliphatic carbocycles. The predicted molar refractivity (Wildman–Crippen MR) is 117 cm³/mol. The Kier molecular flexibility index (Phi) is 6.14. The van der Waals surface area contributed by atoms with Gasteiger partial charge in [-0.15, -0.1) is 0 Å². The van der Waals surface area contributed by atoms with Crippen LogP contribution in [0.15, 0.2) is 53.0 Å². The van der Waals surface area contributed by atoms with Crippen LogP contribution in [0.5, 0.6) is 0 Å². The lowest BCUT2D eigenvalue weighted by molar-refractivity contribution is 0.232. The maximum atomic E-state index is 11.9. The molecule has 2 amide bonds. The van der Waals surface area contributed by atoms with E-state index < -0.39 is 0 Å². The number of carbonyl (C=O) groups is 1. The van der Waals surface area contributed by atoms with Crippen molar-refractivity contribution in [2.45, 2.75) is 26.3 Å². The molecule has 0 radical (unpaired) electrons. The van der Waals surface area contributed by atoms with Gasteiger partial charge < -0.3 is 16.0 Å². The van der Waals surface area contributed by atoms with Crippen molar-refractivity contribution in [1.82, 2.24) is 20.6 Å². The highest BCUT2D eigenvalue weighted by atomic mass is 79.9. The molecule has 0 atom stereocenters. The van der Waals surface area contributed by atoms with Crippen molar-refractivity contribution in [3.63, 3.8) is 0 Å². The smallest absolute Gasteiger partial charge is 0.315 e. The molecular weight excluding hydrogens is 418 g/mol. The summed E-state index contributed by atoms with van der Waals surface area (Å²) in [6.45, 7) is 6.87. The molecular formula is C21H24BrN5O. The number of halogens is 1. The number of para-hydroxylation sites is 1. The number of fused-ring (bicyclic) bond motifs is 1. The Morgan fingerprint density at radius 3 is 2.57 bits per heavy atom. The molecule has 3 aromatic rings. The number of nitrogens with zero attached hydrogens (tertiary/aromatic N) is 2. The average molecular weight is 442 g/mol. The van der Waals surface area contributed by atoms with E-state index in [0.29, 0.717) is 18.9 Å². The summed E-state index contributed by atoms with van der Waals surface area (Å²) in [5.41, 5.74) is 1.54. The molecule has 0 unspecified atom stereocenters. The summed E-state index contributed by atoms with van der Waals surface area (Å²) in [5.74, 6) is 1.40. The van der Waals surface area contributed by atoms with Crippen molar-refractivity contribution in [2.24, 2.45) is 0 Å². The molecule has 0 bridgehead atoms. The number of benzene rings is 2. The minimum atomic E-state index is -0.265. The zero-order valence-corrected chi connectivity index (χ0v) is 17.8. The fraction of sp³-hybridized carbons (Fsp3) is 0.286. The predicted octanol–water partition coefficient (Wildman–Crippen LogP) is 4.57. The maximum Gasteiger partial charge on any atom is 0.315 e. The Balaban J connectivity index is 1.76. The van der Waals surface area contributed by atoms with E-state index in [1.807, 2.05) is 69.3 Å². The average Bonchev–Trinajstić information content (AvgIpc) is 2.63. The lowest BCUT2D eigenvalue weighted by Gasteiger charge is -2.20. The summed E-state index contributed by atoms with van der Waals surface area (Å²) < 4.78 is 0.977. The zero-order chi connectivity index (χ0) is 20.1. The van der Waals surface area contributed by atoms with Crippen molar-refractivity contribution in [2.75, 3.05) is 18.4 Å². The number of rotatable bonds is 5. The first kappa shape index (κ1) is 20.1. The van der Waals surface area contributed by atoms with Gasteiger partial charge in [0.1, 0.15) is 5.82 Å². The normalized spacial score (nSPS) is 11.3. The fourth-order valence-corrected chi connectivity index (χ4v) is 3.11. The molecule has 1 aromatic heterocycles. The van der Waals surface area contributed by atoms with Crippen molar-refractivity contribution >= 4 is 38.7 Å². The van der Waals surface area contributed by atoms with Crippen LogP contribution < -0.4 is 16.0 Å². The third-order valence-corrected chi connectivity index (χ3v) is 4.37. The lowest BCUT2D eigenvalue weighted by atomic mass is 10.1. The highest BCUT2D eigenvalue weighted by molar-refractivity contribution is 9.10. The molecule has 3 rings (SSSR count). The minimum Gasteiger partial charge on any atom is -0.368 e. The number of hydrogen-bond acceptors (Lipinski definition) is 4. The highest BCUT2D eigenvalue weighted by Gasteiger charge is 2.13. The van der Waals surface area contributed by atoms with Gasteiger partial charge in [0, 0.05) is 34.1 Å². The van der Waals surface area contributed by atoms with Crippen LogP contribution in [-0.2, 0) is 0 Å². The molecule has 1 heterocycles. The Labute approximate surface area is 173 Å². The third-order valence-electron chi connectivity index (χ3n) is 3.88. The van der Waals surface area contributed by atoms with Gasteiger partial charge in [0.2, 0.25) is 0 Å². The summed E-state index contributed by atoms with van der Waals surface area (Å²) in [4.78, 5) is 21.3. The van der Waals surface area contributed by atoms with Crippen LogP contribution in [0.4, 0.5) is 10.6 Å². The molecule has 0 aliphatic rings. The van der Waals surface area contributed by atoms with Crippen LogP contribution in [0.1, 0.15) is 20.8 Å². The SMILES string of the molecule is CC(C)(C)NC(=O)NCCNc1nc(-c2cccc(Br)c2)nc2ccccc12. The second-order valence-corrected chi connectivity index (χ2v) is 8.40. The molecule has 3 N–H and O–H groups in total. The number of anilines is 1. The second-order valence-electron chi connectivity index (χ2n) is 7.48. The molecule has 28 heavy (non-hydrogen) atoms. The first-order valence-corrected chi connectivity index (χ1v) is 9.94. The molecule has 0 saturated carbocycles. The molecule has 0 saturated heterocycles. The van der Waals surface area contributed by atoms with E-state index >= 15 is 0 Å². The number of urea groups is 1. The number of hydrogen-bond donors (Lipinski definition) is 3. The van der Waals surface area contributed by atoms with E-state index in [9.17, 15) is 4.79 Å². The Morgan fingerprint density at radius 2 is 1.82 bits per heavy atom. The van der Waals surface area contributed by atoms with Gasteiger partial charge in [-0.05, 0) is 45.0 Å². The molecule has 0 fully saturated rings. The van der Waals surface area contributed by atoms with Crippen LogP contribution in [0.2, 0.25) is 0 Å². The van der Waals surface area contributed by atoms with E-state index in [4.69, 9.17) is 9.97 Å². The van der Waals surface area contributed by atoms with Crippen LogP contribution >= 0.6 is 15.9 Å². The van der Waals surface area contributed by atoms with Crippen LogP contribution in [0.25, 0.3) is 22.3 Å². The van der Waals surface area contributed by atoms with E-state index in [2.05, 4.69) is 31.9 Å². The zero-order valence-electron chi connectivity index (χ0n) is 16.2. The third kappa shape index (κ3) is 5.42. The van der Waals surface area contributed by atoms with E-state index in [-0.39, 0.29) is 11.6 Å². The van der Waals surface area contributed by atoms with E-state index in [0.717, 1.165) is 26.8 Å². The van der Waals surface area contributed by atoms with Gasteiger partial charge >= 0.3 is 6.03 Å². The van der Waals surface area contributed by atoms with Crippen LogP contribution in [0.3, 0.4) is 0 Å². The van der Waals surface area contributed by atoms with Crippen molar-refractivity contribution < 1.29 is 4.79 Å². The molecule has 0 aliphatic heterocycles. The summed E-state index contributed by atoms with van der Waals surface area (Å²) in [6.07, 6.45) is 0. The first-order chi connectivity index (χ1) is 13.3. The molecule has 0 spiro atoms. The maximum absolute atomic E-state index is 11.9. The van der Waals surface area contributed by atoms with Gasteiger partial charge in [-0.2, -0.15) is 0 Å². The largest absolute Gasteiger partial charge is 0.368 e. The summed E-state index contributed by atoms with van der Waals surface area (Å²) in [5, 5.41) is 9.99. The van der Waals surface area contributed by atoms with Gasteiger partial charge in [0.25, 0.3) is 0 Å². The Morgan fingerprint density at radius 1 is 1.04 bits per heavy atom. The summed E-state index contributed by atoms with van der Waals surface area (Å²) in [7, 11) is 0. The fourth-order valence-electron chi connectivity index (χ4n) is 2.71. The summed E-state index contributed by atoms with van der Waals surface area (Å²) in [6, 6.07) is 15.6. The van der Waals surface area contributed by atoms with Crippen LogP contribution in [-0.4, -0.2) is 34.6 Å². The van der Waals surface area contributed by atoms with E-state index in [1.165, 1.54) is 0 Å². The summed E-state index contributed by atoms with van der Waals surface area (Å²) >= 11 is 3.50. The Bertz CT molecular complexity index is 984. The first-order valence-electron chi connectivity index (χ1n) is 9.14.